The van der Waals surface area contributed by atoms with Crippen LogP contribution in [0.15, 0.2) is 29.3 Å². The number of fused-ring (bicyclic) bond motifs is 1. The molecular formula is C16H23N2O3PS. The lowest BCUT2D eigenvalue weighted by atomic mass is 10.1. The van der Waals surface area contributed by atoms with E-state index in [-0.39, 0.29) is 6.04 Å². The van der Waals surface area contributed by atoms with E-state index in [4.69, 9.17) is 30.6 Å². The molecule has 1 aromatic rings. The maximum Gasteiger partial charge on any atom is 0.295 e. The van der Waals surface area contributed by atoms with Crippen molar-refractivity contribution in [2.24, 2.45) is 4.99 Å². The Balaban J connectivity index is 1.86. The van der Waals surface area contributed by atoms with E-state index in [1.165, 1.54) is 11.1 Å². The Kier molecular flexibility index (Phi) is 5.37. The van der Waals surface area contributed by atoms with E-state index < -0.39 is 6.64 Å². The molecule has 2 aliphatic rings. The van der Waals surface area contributed by atoms with Crippen LogP contribution in [-0.2, 0) is 32.0 Å². The lowest BCUT2D eigenvalue weighted by Crippen LogP contribution is -2.25. The Morgan fingerprint density at radius 3 is 2.78 bits per heavy atom. The number of amidine groups is 1. The molecule has 1 fully saturated rings. The van der Waals surface area contributed by atoms with Gasteiger partial charge in [0.25, 0.3) is 12.7 Å². The first-order valence-corrected chi connectivity index (χ1v) is 10.7. The van der Waals surface area contributed by atoms with Gasteiger partial charge in [-0.15, -0.1) is 0 Å². The van der Waals surface area contributed by atoms with E-state index in [0.29, 0.717) is 32.4 Å². The maximum absolute atomic E-state index is 5.79. The minimum Gasteiger partial charge on any atom is -0.463 e. The van der Waals surface area contributed by atoms with E-state index in [1.807, 2.05) is 18.5 Å². The normalized spacial score (nSPS) is 22.4. The Morgan fingerprint density at radius 1 is 1.30 bits per heavy atom. The molecule has 1 saturated heterocycles. The highest BCUT2D eigenvalue weighted by molar-refractivity contribution is 8.09. The number of aliphatic imine (C=N–C) groups is 1. The van der Waals surface area contributed by atoms with Gasteiger partial charge < -0.3 is 13.8 Å². The standard InChI is InChI=1S/C16H23N2O3PS/c1-3-20-22(23,21-4-2)18-11-12-19-16(18)17-15-10-9-13-7-5-6-8-14(13)15/h5-8,15H,3-4,9-12H2,1-2H3/b17-16-. The molecule has 1 unspecified atom stereocenters. The summed E-state index contributed by atoms with van der Waals surface area (Å²) in [7, 11) is 0. The Morgan fingerprint density at radius 2 is 2.04 bits per heavy atom. The molecule has 5 nitrogen and oxygen atoms in total. The summed E-state index contributed by atoms with van der Waals surface area (Å²) in [5.41, 5.74) is 2.66. The third-order valence-electron chi connectivity index (χ3n) is 4.00. The van der Waals surface area contributed by atoms with Crippen LogP contribution < -0.4 is 0 Å². The SMILES string of the molecule is CCOP(=S)(OCC)N1CCO/C1=N\C1CCc2ccccc21. The highest BCUT2D eigenvalue weighted by Crippen LogP contribution is 2.54. The zero-order chi connectivity index (χ0) is 16.3. The maximum atomic E-state index is 5.79. The summed E-state index contributed by atoms with van der Waals surface area (Å²) in [4.78, 5) is 4.85. The van der Waals surface area contributed by atoms with Crippen molar-refractivity contribution >= 4 is 24.5 Å². The third-order valence-corrected chi connectivity index (χ3v) is 7.36. The molecule has 3 rings (SSSR count). The molecular weight excluding hydrogens is 331 g/mol. The van der Waals surface area contributed by atoms with Crippen molar-refractivity contribution in [3.63, 3.8) is 0 Å². The van der Waals surface area contributed by atoms with Crippen LogP contribution >= 0.6 is 6.64 Å². The number of hydrogen-bond donors (Lipinski definition) is 0. The number of nitrogens with zero attached hydrogens (tertiary/aromatic N) is 2. The van der Waals surface area contributed by atoms with Crippen molar-refractivity contribution in [2.45, 2.75) is 32.7 Å². The van der Waals surface area contributed by atoms with Crippen molar-refractivity contribution in [3.8, 4) is 0 Å². The number of aryl methyl sites for hydroxylation is 1. The van der Waals surface area contributed by atoms with Crippen LogP contribution in [-0.4, -0.2) is 37.1 Å². The van der Waals surface area contributed by atoms with E-state index in [0.717, 1.165) is 12.8 Å². The van der Waals surface area contributed by atoms with Gasteiger partial charge in [0.15, 0.2) is 0 Å². The van der Waals surface area contributed by atoms with Crippen LogP contribution in [0, 0.1) is 0 Å². The Bertz CT molecular complexity index is 628. The number of benzene rings is 1. The van der Waals surface area contributed by atoms with Gasteiger partial charge in [-0.2, -0.15) is 0 Å². The van der Waals surface area contributed by atoms with E-state index in [1.54, 1.807) is 0 Å². The molecule has 0 N–H and O–H groups in total. The van der Waals surface area contributed by atoms with Crippen molar-refractivity contribution in [3.05, 3.63) is 35.4 Å². The van der Waals surface area contributed by atoms with Gasteiger partial charge in [0.2, 0.25) is 0 Å². The summed E-state index contributed by atoms with van der Waals surface area (Å²) >= 11 is 5.69. The predicted octanol–water partition coefficient (Wildman–Crippen LogP) is 3.66. The Labute approximate surface area is 142 Å². The van der Waals surface area contributed by atoms with Gasteiger partial charge in [-0.05, 0) is 49.6 Å². The molecule has 1 aromatic carbocycles. The van der Waals surface area contributed by atoms with Gasteiger partial charge in [0.1, 0.15) is 6.61 Å². The largest absolute Gasteiger partial charge is 0.463 e. The zero-order valence-electron chi connectivity index (χ0n) is 13.6. The topological polar surface area (TPSA) is 43.3 Å². The molecule has 7 heteroatoms. The average Bonchev–Trinajstić information content (AvgIpc) is 3.16. The summed E-state index contributed by atoms with van der Waals surface area (Å²) in [5, 5.41) is 0. The van der Waals surface area contributed by atoms with Gasteiger partial charge in [-0.25, -0.2) is 4.99 Å². The van der Waals surface area contributed by atoms with Crippen molar-refractivity contribution in [1.82, 2.24) is 4.67 Å². The first-order chi connectivity index (χ1) is 11.2. The molecule has 0 amide bonds. The fraction of sp³-hybridized carbons (Fsp3) is 0.562. The number of ether oxygens (including phenoxy) is 1. The molecule has 0 radical (unpaired) electrons. The van der Waals surface area contributed by atoms with Gasteiger partial charge in [0, 0.05) is 0 Å². The predicted molar refractivity (Wildman–Crippen MR) is 95.1 cm³/mol. The van der Waals surface area contributed by atoms with Crippen LogP contribution in [0.25, 0.3) is 0 Å². The lowest BCUT2D eigenvalue weighted by Gasteiger charge is -2.29. The molecule has 0 bridgehead atoms. The van der Waals surface area contributed by atoms with Crippen LogP contribution in [0.2, 0.25) is 0 Å². The van der Waals surface area contributed by atoms with Gasteiger partial charge in [-0.3, -0.25) is 4.67 Å². The minimum absolute atomic E-state index is 0.133. The molecule has 0 aromatic heterocycles. The average molecular weight is 354 g/mol. The molecule has 126 valence electrons. The lowest BCUT2D eigenvalue weighted by molar-refractivity contribution is 0.240. The molecule has 0 spiro atoms. The molecule has 1 heterocycles. The summed E-state index contributed by atoms with van der Waals surface area (Å²) in [6, 6.07) is 9.18. The van der Waals surface area contributed by atoms with Gasteiger partial charge >= 0.3 is 0 Å². The monoisotopic (exact) mass is 354 g/mol. The number of rotatable bonds is 6. The van der Waals surface area contributed by atoms with Gasteiger partial charge in [-0.1, -0.05) is 24.3 Å². The Hall–Kier alpha value is -0.940. The fourth-order valence-corrected chi connectivity index (χ4v) is 5.77. The molecule has 0 saturated carbocycles. The van der Waals surface area contributed by atoms with Crippen LogP contribution in [0.1, 0.15) is 37.4 Å². The highest BCUT2D eigenvalue weighted by Gasteiger charge is 2.37. The summed E-state index contributed by atoms with van der Waals surface area (Å²) < 4.78 is 19.3. The fourth-order valence-electron chi connectivity index (χ4n) is 3.03. The van der Waals surface area contributed by atoms with Crippen LogP contribution in [0.5, 0.6) is 0 Å². The zero-order valence-corrected chi connectivity index (χ0v) is 15.3. The third kappa shape index (κ3) is 3.45. The number of hydrogen-bond acceptors (Lipinski definition) is 5. The van der Waals surface area contributed by atoms with E-state index >= 15 is 0 Å². The summed E-state index contributed by atoms with van der Waals surface area (Å²) in [6.07, 6.45) is 2.06. The summed E-state index contributed by atoms with van der Waals surface area (Å²) in [6.45, 7) is 3.60. The van der Waals surface area contributed by atoms with Crippen LogP contribution in [0.4, 0.5) is 0 Å². The second-order valence-electron chi connectivity index (χ2n) is 5.44. The molecule has 23 heavy (non-hydrogen) atoms. The second-order valence-corrected chi connectivity index (χ2v) is 8.76. The highest BCUT2D eigenvalue weighted by atomic mass is 32.5. The van der Waals surface area contributed by atoms with Crippen molar-refractivity contribution in [2.75, 3.05) is 26.4 Å². The van der Waals surface area contributed by atoms with Gasteiger partial charge in [0.05, 0.1) is 25.8 Å². The first-order valence-electron chi connectivity index (χ1n) is 8.13. The van der Waals surface area contributed by atoms with Crippen molar-refractivity contribution in [1.29, 1.82) is 0 Å². The van der Waals surface area contributed by atoms with E-state index in [9.17, 15) is 0 Å². The van der Waals surface area contributed by atoms with Crippen molar-refractivity contribution < 1.29 is 13.8 Å². The second kappa shape index (κ2) is 7.31. The molecule has 1 atom stereocenters. The van der Waals surface area contributed by atoms with E-state index in [2.05, 4.69) is 24.3 Å². The van der Waals surface area contributed by atoms with Crippen LogP contribution in [0.3, 0.4) is 0 Å². The minimum atomic E-state index is -2.55. The molecule has 1 aliphatic carbocycles. The first kappa shape index (κ1) is 16.9. The smallest absolute Gasteiger partial charge is 0.295 e. The molecule has 1 aliphatic heterocycles. The quantitative estimate of drug-likeness (QED) is 0.730. The summed E-state index contributed by atoms with van der Waals surface area (Å²) in [5.74, 6) is 0.